The van der Waals surface area contributed by atoms with Crippen LogP contribution in [0.15, 0.2) is 77.4 Å². The van der Waals surface area contributed by atoms with Crippen molar-refractivity contribution in [1.82, 2.24) is 10.3 Å². The van der Waals surface area contributed by atoms with Crippen LogP contribution < -0.4 is 10.6 Å². The minimum Gasteiger partial charge on any atom is -0.346 e. The van der Waals surface area contributed by atoms with E-state index in [1.807, 2.05) is 61.5 Å². The minimum atomic E-state index is -0.127. The molecule has 1 heterocycles. The number of anilines is 2. The molecule has 5 heteroatoms. The van der Waals surface area contributed by atoms with Crippen LogP contribution in [0.3, 0.4) is 0 Å². The van der Waals surface area contributed by atoms with E-state index < -0.39 is 0 Å². The second kappa shape index (κ2) is 7.94. The van der Waals surface area contributed by atoms with Gasteiger partial charge < -0.3 is 10.6 Å². The van der Waals surface area contributed by atoms with Gasteiger partial charge in [-0.3, -0.25) is 4.79 Å². The third kappa shape index (κ3) is 4.67. The number of nitrogens with zero attached hydrogens (tertiary/aromatic N) is 1. The van der Waals surface area contributed by atoms with Crippen molar-refractivity contribution in [1.29, 1.82) is 0 Å². The normalized spacial score (nSPS) is 11.6. The number of pyridine rings is 1. The third-order valence-electron chi connectivity index (χ3n) is 3.79. The Labute approximate surface area is 155 Å². The van der Waals surface area contributed by atoms with E-state index >= 15 is 0 Å². The van der Waals surface area contributed by atoms with Crippen molar-refractivity contribution in [3.63, 3.8) is 0 Å². The van der Waals surface area contributed by atoms with Gasteiger partial charge in [-0.05, 0) is 48.9 Å². The Balaban J connectivity index is 1.70. The minimum absolute atomic E-state index is 0.0650. The van der Waals surface area contributed by atoms with Gasteiger partial charge in [0, 0.05) is 21.9 Å². The Morgan fingerprint density at radius 1 is 1.04 bits per heavy atom. The fraction of sp³-hybridized carbons (Fsp3) is 0.100. The molecule has 0 aliphatic rings. The fourth-order valence-electron chi connectivity index (χ4n) is 2.43. The van der Waals surface area contributed by atoms with E-state index in [-0.39, 0.29) is 11.9 Å². The quantitative estimate of drug-likeness (QED) is 0.633. The SMILES string of the molecule is CC(NC(=O)c1ccnc(Nc2ccc(Br)cc2)c1)c1ccccc1. The Morgan fingerprint density at radius 2 is 1.76 bits per heavy atom. The van der Waals surface area contributed by atoms with E-state index in [2.05, 4.69) is 31.5 Å². The van der Waals surface area contributed by atoms with Crippen molar-refractivity contribution < 1.29 is 4.79 Å². The lowest BCUT2D eigenvalue weighted by atomic mass is 10.1. The maximum absolute atomic E-state index is 12.5. The van der Waals surface area contributed by atoms with E-state index in [9.17, 15) is 4.79 Å². The summed E-state index contributed by atoms with van der Waals surface area (Å²) in [6.07, 6.45) is 1.63. The van der Waals surface area contributed by atoms with Gasteiger partial charge in [-0.15, -0.1) is 0 Å². The predicted molar refractivity (Wildman–Crippen MR) is 104 cm³/mol. The monoisotopic (exact) mass is 395 g/mol. The van der Waals surface area contributed by atoms with Gasteiger partial charge in [0.2, 0.25) is 0 Å². The first kappa shape index (κ1) is 17.2. The highest BCUT2D eigenvalue weighted by atomic mass is 79.9. The smallest absolute Gasteiger partial charge is 0.251 e. The van der Waals surface area contributed by atoms with Crippen LogP contribution >= 0.6 is 15.9 Å². The lowest BCUT2D eigenvalue weighted by Gasteiger charge is -2.14. The van der Waals surface area contributed by atoms with Crippen molar-refractivity contribution in [2.24, 2.45) is 0 Å². The number of nitrogens with one attached hydrogen (secondary N) is 2. The molecule has 2 N–H and O–H groups in total. The molecular weight excluding hydrogens is 378 g/mol. The molecule has 1 unspecified atom stereocenters. The van der Waals surface area contributed by atoms with Gasteiger partial charge in [0.25, 0.3) is 5.91 Å². The number of carbonyl (C=O) groups is 1. The maximum Gasteiger partial charge on any atom is 0.251 e. The number of aromatic nitrogens is 1. The molecular formula is C20H18BrN3O. The summed E-state index contributed by atoms with van der Waals surface area (Å²) in [4.78, 5) is 16.8. The topological polar surface area (TPSA) is 54.0 Å². The molecule has 2 aromatic carbocycles. The molecule has 3 aromatic rings. The molecule has 0 spiro atoms. The Morgan fingerprint density at radius 3 is 2.48 bits per heavy atom. The lowest BCUT2D eigenvalue weighted by molar-refractivity contribution is 0.0940. The molecule has 0 bridgehead atoms. The molecule has 0 aliphatic heterocycles. The molecule has 0 aliphatic carbocycles. The number of hydrogen-bond donors (Lipinski definition) is 2. The van der Waals surface area contributed by atoms with Gasteiger partial charge in [0.05, 0.1) is 6.04 Å². The van der Waals surface area contributed by atoms with Crippen molar-refractivity contribution in [3.8, 4) is 0 Å². The van der Waals surface area contributed by atoms with Crippen LogP contribution in [-0.4, -0.2) is 10.9 Å². The number of carbonyl (C=O) groups excluding carboxylic acids is 1. The molecule has 126 valence electrons. The average molecular weight is 396 g/mol. The zero-order valence-electron chi connectivity index (χ0n) is 13.7. The molecule has 0 saturated heterocycles. The Bertz CT molecular complexity index is 850. The Kier molecular flexibility index (Phi) is 5.46. The first-order chi connectivity index (χ1) is 12.1. The first-order valence-electron chi connectivity index (χ1n) is 7.96. The number of halogens is 1. The van der Waals surface area contributed by atoms with Crippen molar-refractivity contribution >= 4 is 33.3 Å². The van der Waals surface area contributed by atoms with Gasteiger partial charge in [-0.1, -0.05) is 46.3 Å². The van der Waals surface area contributed by atoms with Gasteiger partial charge >= 0.3 is 0 Å². The zero-order valence-corrected chi connectivity index (χ0v) is 15.3. The van der Waals surface area contributed by atoms with Crippen LogP contribution in [0.2, 0.25) is 0 Å². The largest absolute Gasteiger partial charge is 0.346 e. The van der Waals surface area contributed by atoms with Gasteiger partial charge in [-0.25, -0.2) is 4.98 Å². The van der Waals surface area contributed by atoms with Crippen LogP contribution in [0.25, 0.3) is 0 Å². The second-order valence-electron chi connectivity index (χ2n) is 5.67. The van der Waals surface area contributed by atoms with Crippen LogP contribution in [0.5, 0.6) is 0 Å². The summed E-state index contributed by atoms with van der Waals surface area (Å²) in [5, 5.41) is 6.21. The molecule has 1 amide bonds. The van der Waals surface area contributed by atoms with E-state index in [1.54, 1.807) is 18.3 Å². The summed E-state index contributed by atoms with van der Waals surface area (Å²) in [5.74, 6) is 0.500. The van der Waals surface area contributed by atoms with Crippen LogP contribution in [0, 0.1) is 0 Å². The summed E-state index contributed by atoms with van der Waals surface area (Å²) in [6, 6.07) is 21.0. The highest BCUT2D eigenvalue weighted by Crippen LogP contribution is 2.19. The number of amides is 1. The fourth-order valence-corrected chi connectivity index (χ4v) is 2.69. The van der Waals surface area contributed by atoms with Crippen molar-refractivity contribution in [2.75, 3.05) is 5.32 Å². The van der Waals surface area contributed by atoms with E-state index in [1.165, 1.54) is 0 Å². The van der Waals surface area contributed by atoms with Gasteiger partial charge in [0.15, 0.2) is 0 Å². The summed E-state index contributed by atoms with van der Waals surface area (Å²) in [6.45, 7) is 1.97. The summed E-state index contributed by atoms with van der Waals surface area (Å²) in [5.41, 5.74) is 2.54. The van der Waals surface area contributed by atoms with Gasteiger partial charge in [-0.2, -0.15) is 0 Å². The molecule has 0 fully saturated rings. The van der Waals surface area contributed by atoms with E-state index in [4.69, 9.17) is 0 Å². The van der Waals surface area contributed by atoms with Crippen LogP contribution in [0.1, 0.15) is 28.9 Å². The molecule has 3 rings (SSSR count). The zero-order chi connectivity index (χ0) is 17.6. The summed E-state index contributed by atoms with van der Waals surface area (Å²) >= 11 is 3.41. The van der Waals surface area contributed by atoms with E-state index in [0.29, 0.717) is 11.4 Å². The van der Waals surface area contributed by atoms with Crippen molar-refractivity contribution in [2.45, 2.75) is 13.0 Å². The number of rotatable bonds is 5. The van der Waals surface area contributed by atoms with E-state index in [0.717, 1.165) is 15.7 Å². The molecule has 25 heavy (non-hydrogen) atoms. The first-order valence-corrected chi connectivity index (χ1v) is 8.75. The third-order valence-corrected chi connectivity index (χ3v) is 4.31. The van der Waals surface area contributed by atoms with Crippen LogP contribution in [-0.2, 0) is 0 Å². The maximum atomic E-state index is 12.5. The summed E-state index contributed by atoms with van der Waals surface area (Å²) in [7, 11) is 0. The molecule has 0 radical (unpaired) electrons. The highest BCUT2D eigenvalue weighted by molar-refractivity contribution is 9.10. The highest BCUT2D eigenvalue weighted by Gasteiger charge is 2.12. The summed E-state index contributed by atoms with van der Waals surface area (Å²) < 4.78 is 1.01. The lowest BCUT2D eigenvalue weighted by Crippen LogP contribution is -2.26. The van der Waals surface area contributed by atoms with Crippen LogP contribution in [0.4, 0.5) is 11.5 Å². The molecule has 0 saturated carbocycles. The molecule has 1 atom stereocenters. The second-order valence-corrected chi connectivity index (χ2v) is 6.58. The average Bonchev–Trinajstić information content (AvgIpc) is 2.64. The molecule has 4 nitrogen and oxygen atoms in total. The van der Waals surface area contributed by atoms with Gasteiger partial charge in [0.1, 0.15) is 5.82 Å². The Hall–Kier alpha value is -2.66. The number of benzene rings is 2. The number of hydrogen-bond acceptors (Lipinski definition) is 3. The van der Waals surface area contributed by atoms with Crippen molar-refractivity contribution in [3.05, 3.63) is 88.5 Å². The standard InChI is InChI=1S/C20H18BrN3O/c1-14(15-5-3-2-4-6-15)23-20(25)16-11-12-22-19(13-16)24-18-9-7-17(21)8-10-18/h2-14H,1H3,(H,22,24)(H,23,25). The predicted octanol–water partition coefficient (Wildman–Crippen LogP) is 5.08. The molecule has 1 aromatic heterocycles.